The number of carbonyl (C=O) groups is 1. The van der Waals surface area contributed by atoms with E-state index >= 15 is 0 Å². The molecule has 110 valence electrons. The lowest BCUT2D eigenvalue weighted by Gasteiger charge is -2.10. The average Bonchev–Trinajstić information content (AvgIpc) is 2.48. The normalized spacial score (nSPS) is 10.2. The van der Waals surface area contributed by atoms with Crippen molar-refractivity contribution < 1.29 is 14.3 Å². The average molecular weight is 306 g/mol. The van der Waals surface area contributed by atoms with Crippen LogP contribution in [-0.4, -0.2) is 12.6 Å². The molecule has 4 nitrogen and oxygen atoms in total. The van der Waals surface area contributed by atoms with Gasteiger partial charge < -0.3 is 15.2 Å². The van der Waals surface area contributed by atoms with E-state index in [-0.39, 0.29) is 0 Å². The van der Waals surface area contributed by atoms with Gasteiger partial charge in [0, 0.05) is 16.3 Å². The molecule has 0 heterocycles. The largest absolute Gasteiger partial charge is 0.489 e. The highest BCUT2D eigenvalue weighted by molar-refractivity contribution is 6.31. The fraction of sp³-hybridized carbons (Fsp3) is 0.188. The van der Waals surface area contributed by atoms with Gasteiger partial charge in [0.1, 0.15) is 12.4 Å². The van der Waals surface area contributed by atoms with Crippen LogP contribution < -0.4 is 10.5 Å². The summed E-state index contributed by atoms with van der Waals surface area (Å²) in [6.45, 7) is 2.35. The van der Waals surface area contributed by atoms with Gasteiger partial charge in [-0.25, -0.2) is 4.79 Å². The molecule has 0 atom stereocenters. The lowest BCUT2D eigenvalue weighted by Crippen LogP contribution is -2.08. The molecular weight excluding hydrogens is 290 g/mol. The Kier molecular flexibility index (Phi) is 5.06. The highest BCUT2D eigenvalue weighted by atomic mass is 35.5. The van der Waals surface area contributed by atoms with Gasteiger partial charge in [-0.1, -0.05) is 29.8 Å². The van der Waals surface area contributed by atoms with Crippen molar-refractivity contribution >= 4 is 23.3 Å². The number of nitrogens with two attached hydrogens (primary N) is 1. The van der Waals surface area contributed by atoms with Gasteiger partial charge in [-0.15, -0.1) is 0 Å². The maximum absolute atomic E-state index is 11.8. The molecule has 0 saturated carbocycles. The van der Waals surface area contributed by atoms with Gasteiger partial charge >= 0.3 is 5.97 Å². The molecule has 0 spiro atoms. The Morgan fingerprint density at radius 1 is 1.24 bits per heavy atom. The zero-order valence-corrected chi connectivity index (χ0v) is 12.4. The second kappa shape index (κ2) is 6.99. The van der Waals surface area contributed by atoms with Crippen LogP contribution in [0.25, 0.3) is 0 Å². The van der Waals surface area contributed by atoms with Gasteiger partial charge in [-0.3, -0.25) is 0 Å². The number of anilines is 1. The van der Waals surface area contributed by atoms with E-state index in [9.17, 15) is 4.79 Å². The number of nitrogen functional groups attached to an aromatic ring is 1. The Bertz CT molecular complexity index is 643. The molecule has 0 aliphatic carbocycles. The van der Waals surface area contributed by atoms with Crippen molar-refractivity contribution in [1.82, 2.24) is 0 Å². The smallest absolute Gasteiger partial charge is 0.340 e. The molecule has 21 heavy (non-hydrogen) atoms. The summed E-state index contributed by atoms with van der Waals surface area (Å²) in [5.74, 6) is 0.0744. The van der Waals surface area contributed by atoms with E-state index in [0.29, 0.717) is 35.2 Å². The standard InChI is InChI=1S/C16H16ClNO3/c1-2-20-16(19)13-9-12(7-8-15(13)18)21-10-11-5-3-4-6-14(11)17/h3-9H,2,10,18H2,1H3. The molecule has 0 radical (unpaired) electrons. The maximum atomic E-state index is 11.8. The van der Waals surface area contributed by atoms with Crippen molar-refractivity contribution in [2.24, 2.45) is 0 Å². The van der Waals surface area contributed by atoms with E-state index < -0.39 is 5.97 Å². The number of halogens is 1. The number of benzene rings is 2. The molecular formula is C16H16ClNO3. The minimum Gasteiger partial charge on any atom is -0.489 e. The molecule has 0 aromatic heterocycles. The summed E-state index contributed by atoms with van der Waals surface area (Å²) in [5.41, 5.74) is 7.30. The quantitative estimate of drug-likeness (QED) is 0.676. The number of rotatable bonds is 5. The first-order valence-electron chi connectivity index (χ1n) is 6.54. The first kappa shape index (κ1) is 15.2. The predicted octanol–water partition coefficient (Wildman–Crippen LogP) is 3.68. The second-order valence-electron chi connectivity index (χ2n) is 4.35. The SMILES string of the molecule is CCOC(=O)c1cc(OCc2ccccc2Cl)ccc1N. The van der Waals surface area contributed by atoms with Gasteiger partial charge in [0.15, 0.2) is 0 Å². The van der Waals surface area contributed by atoms with Crippen molar-refractivity contribution in [3.8, 4) is 5.75 Å². The van der Waals surface area contributed by atoms with Gasteiger partial charge in [-0.05, 0) is 31.2 Å². The molecule has 0 aliphatic heterocycles. The topological polar surface area (TPSA) is 61.5 Å². The first-order chi connectivity index (χ1) is 10.1. The highest BCUT2D eigenvalue weighted by Crippen LogP contribution is 2.23. The highest BCUT2D eigenvalue weighted by Gasteiger charge is 2.12. The molecule has 2 aromatic rings. The van der Waals surface area contributed by atoms with E-state index in [1.54, 1.807) is 31.2 Å². The van der Waals surface area contributed by atoms with Crippen LogP contribution in [0, 0.1) is 0 Å². The van der Waals surface area contributed by atoms with Crippen LogP contribution in [0.15, 0.2) is 42.5 Å². The summed E-state index contributed by atoms with van der Waals surface area (Å²) in [5, 5.41) is 0.638. The minimum absolute atomic E-state index is 0.295. The Balaban J connectivity index is 2.12. The van der Waals surface area contributed by atoms with Gasteiger partial charge in [0.05, 0.1) is 12.2 Å². The third-order valence-corrected chi connectivity index (χ3v) is 3.24. The first-order valence-corrected chi connectivity index (χ1v) is 6.92. The summed E-state index contributed by atoms with van der Waals surface area (Å²) in [6, 6.07) is 12.3. The van der Waals surface area contributed by atoms with Crippen LogP contribution in [0.5, 0.6) is 5.75 Å². The third-order valence-electron chi connectivity index (χ3n) is 2.87. The lowest BCUT2D eigenvalue weighted by atomic mass is 10.1. The van der Waals surface area contributed by atoms with Crippen LogP contribution >= 0.6 is 11.6 Å². The van der Waals surface area contributed by atoms with Gasteiger partial charge in [0.2, 0.25) is 0 Å². The summed E-state index contributed by atoms with van der Waals surface area (Å²) < 4.78 is 10.6. The number of hydrogen-bond acceptors (Lipinski definition) is 4. The lowest BCUT2D eigenvalue weighted by molar-refractivity contribution is 0.0527. The van der Waals surface area contributed by atoms with Crippen LogP contribution in [-0.2, 0) is 11.3 Å². The monoisotopic (exact) mass is 305 g/mol. The molecule has 0 fully saturated rings. The van der Waals surface area contributed by atoms with E-state index in [1.807, 2.05) is 18.2 Å². The Morgan fingerprint density at radius 3 is 2.71 bits per heavy atom. The van der Waals surface area contributed by atoms with Crippen LogP contribution in [0.1, 0.15) is 22.8 Å². The zero-order chi connectivity index (χ0) is 15.2. The maximum Gasteiger partial charge on any atom is 0.340 e. The van der Waals surface area contributed by atoms with Crippen molar-refractivity contribution in [3.63, 3.8) is 0 Å². The van der Waals surface area contributed by atoms with E-state index in [2.05, 4.69) is 0 Å². The predicted molar refractivity (Wildman–Crippen MR) is 82.6 cm³/mol. The number of esters is 1. The van der Waals surface area contributed by atoms with Gasteiger partial charge in [-0.2, -0.15) is 0 Å². The summed E-state index contributed by atoms with van der Waals surface area (Å²) in [6.07, 6.45) is 0. The molecule has 0 aliphatic rings. The number of carbonyl (C=O) groups excluding carboxylic acids is 1. The van der Waals surface area contributed by atoms with Crippen LogP contribution in [0.2, 0.25) is 5.02 Å². The molecule has 5 heteroatoms. The molecule has 0 bridgehead atoms. The fourth-order valence-corrected chi connectivity index (χ4v) is 1.98. The summed E-state index contributed by atoms with van der Waals surface area (Å²) in [4.78, 5) is 11.8. The third kappa shape index (κ3) is 3.89. The van der Waals surface area contributed by atoms with E-state index in [1.165, 1.54) is 0 Å². The molecule has 0 unspecified atom stereocenters. The van der Waals surface area contributed by atoms with Crippen molar-refractivity contribution in [2.45, 2.75) is 13.5 Å². The Hall–Kier alpha value is -2.20. The Morgan fingerprint density at radius 2 is 2.00 bits per heavy atom. The minimum atomic E-state index is -0.460. The van der Waals surface area contributed by atoms with E-state index in [0.717, 1.165) is 5.56 Å². The van der Waals surface area contributed by atoms with Crippen molar-refractivity contribution in [3.05, 3.63) is 58.6 Å². The summed E-state index contributed by atoms with van der Waals surface area (Å²) >= 11 is 6.06. The summed E-state index contributed by atoms with van der Waals surface area (Å²) in [7, 11) is 0. The molecule has 0 saturated heterocycles. The van der Waals surface area contributed by atoms with E-state index in [4.69, 9.17) is 26.8 Å². The number of hydrogen-bond donors (Lipinski definition) is 1. The number of ether oxygens (including phenoxy) is 2. The van der Waals surface area contributed by atoms with Gasteiger partial charge in [0.25, 0.3) is 0 Å². The molecule has 2 aromatic carbocycles. The fourth-order valence-electron chi connectivity index (χ4n) is 1.79. The Labute approximate surface area is 128 Å². The molecule has 0 amide bonds. The second-order valence-corrected chi connectivity index (χ2v) is 4.76. The molecule has 2 N–H and O–H groups in total. The van der Waals surface area contributed by atoms with Crippen molar-refractivity contribution in [1.29, 1.82) is 0 Å². The van der Waals surface area contributed by atoms with Crippen LogP contribution in [0.3, 0.4) is 0 Å². The van der Waals surface area contributed by atoms with Crippen molar-refractivity contribution in [2.75, 3.05) is 12.3 Å². The van der Waals surface area contributed by atoms with Crippen LogP contribution in [0.4, 0.5) is 5.69 Å². The molecule has 2 rings (SSSR count). The zero-order valence-electron chi connectivity index (χ0n) is 11.6.